The Hall–Kier alpha value is -1.92. The number of nitrogens with zero attached hydrogens (tertiary/aromatic N) is 5. The number of amides is 1. The fraction of sp³-hybridized carbons (Fsp3) is 0.417. The van der Waals surface area contributed by atoms with Crippen molar-refractivity contribution in [3.05, 3.63) is 17.0 Å². The number of hydrogen-bond acceptors (Lipinski definition) is 7. The summed E-state index contributed by atoms with van der Waals surface area (Å²) in [6, 6.07) is 3.71. The molecule has 0 aliphatic rings. The molecule has 2 heterocycles. The molecule has 21 heavy (non-hydrogen) atoms. The number of rotatable bonds is 4. The van der Waals surface area contributed by atoms with Gasteiger partial charge in [-0.25, -0.2) is 4.68 Å². The summed E-state index contributed by atoms with van der Waals surface area (Å²) in [5.74, 6) is -0.0124. The van der Waals surface area contributed by atoms with E-state index in [1.807, 2.05) is 26.8 Å². The summed E-state index contributed by atoms with van der Waals surface area (Å²) in [7, 11) is 0. The SMILES string of the molecule is CC(C)(C)n1nnnc1SCC(=O)Nc1sccc1C#N. The van der Waals surface area contributed by atoms with Crippen LogP contribution in [0.5, 0.6) is 0 Å². The van der Waals surface area contributed by atoms with E-state index in [2.05, 4.69) is 20.8 Å². The molecule has 2 rings (SSSR count). The van der Waals surface area contributed by atoms with E-state index in [1.165, 1.54) is 23.1 Å². The van der Waals surface area contributed by atoms with Crippen molar-refractivity contribution in [2.45, 2.75) is 31.5 Å². The Morgan fingerprint density at radius 1 is 1.57 bits per heavy atom. The van der Waals surface area contributed by atoms with Gasteiger partial charge in [0.25, 0.3) is 0 Å². The van der Waals surface area contributed by atoms with Crippen molar-refractivity contribution in [1.82, 2.24) is 20.2 Å². The quantitative estimate of drug-likeness (QED) is 0.866. The van der Waals surface area contributed by atoms with Crippen LogP contribution in [0, 0.1) is 11.3 Å². The van der Waals surface area contributed by atoms with Crippen molar-refractivity contribution >= 4 is 34.0 Å². The summed E-state index contributed by atoms with van der Waals surface area (Å²) in [4.78, 5) is 11.9. The van der Waals surface area contributed by atoms with Crippen molar-refractivity contribution in [3.8, 4) is 6.07 Å². The van der Waals surface area contributed by atoms with Crippen LogP contribution >= 0.6 is 23.1 Å². The highest BCUT2D eigenvalue weighted by molar-refractivity contribution is 7.99. The number of thiophene rings is 1. The molecular weight excluding hydrogens is 308 g/mol. The van der Waals surface area contributed by atoms with Gasteiger partial charge in [-0.1, -0.05) is 11.8 Å². The Labute approximate surface area is 130 Å². The third-order valence-electron chi connectivity index (χ3n) is 2.45. The predicted molar refractivity (Wildman–Crippen MR) is 81.2 cm³/mol. The zero-order valence-corrected chi connectivity index (χ0v) is 13.5. The lowest BCUT2D eigenvalue weighted by Crippen LogP contribution is -2.24. The van der Waals surface area contributed by atoms with Gasteiger partial charge < -0.3 is 5.32 Å². The summed E-state index contributed by atoms with van der Waals surface area (Å²) < 4.78 is 1.68. The fourth-order valence-corrected chi connectivity index (χ4v) is 3.09. The minimum atomic E-state index is -0.246. The second-order valence-electron chi connectivity index (χ2n) is 5.16. The Kier molecular flexibility index (Phi) is 4.59. The van der Waals surface area contributed by atoms with Crippen molar-refractivity contribution in [3.63, 3.8) is 0 Å². The van der Waals surface area contributed by atoms with E-state index >= 15 is 0 Å². The molecule has 9 heteroatoms. The van der Waals surface area contributed by atoms with Crippen LogP contribution in [-0.2, 0) is 10.3 Å². The standard InChI is InChI=1S/C12H14N6OS2/c1-12(2,3)18-11(15-16-17-18)21-7-9(19)14-10-8(6-13)4-5-20-10/h4-5H,7H2,1-3H3,(H,14,19). The average Bonchev–Trinajstić information content (AvgIpc) is 3.03. The smallest absolute Gasteiger partial charge is 0.235 e. The largest absolute Gasteiger partial charge is 0.316 e. The second-order valence-corrected chi connectivity index (χ2v) is 7.01. The van der Waals surface area contributed by atoms with Gasteiger partial charge in [-0.05, 0) is 42.6 Å². The minimum absolute atomic E-state index is 0.180. The van der Waals surface area contributed by atoms with Crippen LogP contribution in [0.4, 0.5) is 5.00 Å². The maximum absolute atomic E-state index is 11.9. The Balaban J connectivity index is 1.97. The number of nitrogens with one attached hydrogen (secondary N) is 1. The van der Waals surface area contributed by atoms with Gasteiger partial charge in [0.2, 0.25) is 11.1 Å². The molecule has 0 bridgehead atoms. The molecule has 1 N–H and O–H groups in total. The van der Waals surface area contributed by atoms with Gasteiger partial charge in [0.05, 0.1) is 16.9 Å². The van der Waals surface area contributed by atoms with E-state index in [0.29, 0.717) is 15.7 Å². The van der Waals surface area contributed by atoms with Gasteiger partial charge in [-0.2, -0.15) is 5.26 Å². The second kappa shape index (κ2) is 6.24. The molecule has 2 aromatic heterocycles. The lowest BCUT2D eigenvalue weighted by Gasteiger charge is -2.19. The molecule has 0 spiro atoms. The number of hydrogen-bond donors (Lipinski definition) is 1. The van der Waals surface area contributed by atoms with E-state index in [9.17, 15) is 4.79 Å². The molecule has 1 amide bonds. The maximum atomic E-state index is 11.9. The monoisotopic (exact) mass is 322 g/mol. The molecule has 7 nitrogen and oxygen atoms in total. The van der Waals surface area contributed by atoms with E-state index in [0.717, 1.165) is 0 Å². The average molecular weight is 322 g/mol. The molecule has 0 aromatic carbocycles. The molecular formula is C12H14N6OS2. The number of carbonyl (C=O) groups is 1. The predicted octanol–water partition coefficient (Wildman–Crippen LogP) is 2.09. The topological polar surface area (TPSA) is 96.5 Å². The van der Waals surface area contributed by atoms with Gasteiger partial charge >= 0.3 is 0 Å². The van der Waals surface area contributed by atoms with Crippen molar-refractivity contribution in [1.29, 1.82) is 5.26 Å². The lowest BCUT2D eigenvalue weighted by atomic mass is 10.1. The van der Waals surface area contributed by atoms with Gasteiger partial charge in [-0.15, -0.1) is 16.4 Å². The number of nitriles is 1. The van der Waals surface area contributed by atoms with Crippen LogP contribution in [0.3, 0.4) is 0 Å². The van der Waals surface area contributed by atoms with Crippen LogP contribution in [0.1, 0.15) is 26.3 Å². The molecule has 0 radical (unpaired) electrons. The molecule has 0 saturated heterocycles. The summed E-state index contributed by atoms with van der Waals surface area (Å²) in [5.41, 5.74) is 0.224. The van der Waals surface area contributed by atoms with E-state index < -0.39 is 0 Å². The van der Waals surface area contributed by atoms with Crippen molar-refractivity contribution in [2.75, 3.05) is 11.1 Å². The molecule has 0 atom stereocenters. The number of anilines is 1. The summed E-state index contributed by atoms with van der Waals surface area (Å²) in [6.07, 6.45) is 0. The number of tetrazole rings is 1. The van der Waals surface area contributed by atoms with Crippen LogP contribution in [0.2, 0.25) is 0 Å². The summed E-state index contributed by atoms with van der Waals surface area (Å²) in [6.45, 7) is 5.95. The molecule has 110 valence electrons. The van der Waals surface area contributed by atoms with Crippen LogP contribution in [-0.4, -0.2) is 31.9 Å². The number of aromatic nitrogens is 4. The Morgan fingerprint density at radius 2 is 2.33 bits per heavy atom. The van der Waals surface area contributed by atoms with E-state index in [-0.39, 0.29) is 17.2 Å². The first-order valence-corrected chi connectivity index (χ1v) is 7.97. The van der Waals surface area contributed by atoms with Gasteiger partial charge in [0.1, 0.15) is 11.1 Å². The van der Waals surface area contributed by atoms with Gasteiger partial charge in [0, 0.05) is 0 Å². The van der Waals surface area contributed by atoms with Gasteiger partial charge in [-0.3, -0.25) is 4.79 Å². The highest BCUT2D eigenvalue weighted by atomic mass is 32.2. The highest BCUT2D eigenvalue weighted by Gasteiger charge is 2.20. The first-order chi connectivity index (χ1) is 9.91. The zero-order chi connectivity index (χ0) is 15.5. The lowest BCUT2D eigenvalue weighted by molar-refractivity contribution is -0.113. The van der Waals surface area contributed by atoms with E-state index in [4.69, 9.17) is 5.26 Å². The Bertz CT molecular complexity index is 678. The van der Waals surface area contributed by atoms with Crippen LogP contribution in [0.15, 0.2) is 16.6 Å². The van der Waals surface area contributed by atoms with Gasteiger partial charge in [0.15, 0.2) is 0 Å². The molecule has 0 unspecified atom stereocenters. The van der Waals surface area contributed by atoms with Crippen molar-refractivity contribution in [2.24, 2.45) is 0 Å². The third-order valence-corrected chi connectivity index (χ3v) is 4.20. The number of thioether (sulfide) groups is 1. The fourth-order valence-electron chi connectivity index (χ4n) is 1.48. The van der Waals surface area contributed by atoms with Crippen LogP contribution in [0.25, 0.3) is 0 Å². The first kappa shape index (κ1) is 15.5. The normalized spacial score (nSPS) is 11.1. The summed E-state index contributed by atoms with van der Waals surface area (Å²) in [5, 5.41) is 26.0. The van der Waals surface area contributed by atoms with E-state index in [1.54, 1.807) is 16.1 Å². The summed E-state index contributed by atoms with van der Waals surface area (Å²) >= 11 is 2.58. The molecule has 0 fully saturated rings. The van der Waals surface area contributed by atoms with Crippen LogP contribution < -0.4 is 5.32 Å². The number of carbonyl (C=O) groups excluding carboxylic acids is 1. The van der Waals surface area contributed by atoms with Crippen molar-refractivity contribution < 1.29 is 4.79 Å². The third kappa shape index (κ3) is 3.80. The molecule has 0 saturated carbocycles. The maximum Gasteiger partial charge on any atom is 0.235 e. The molecule has 2 aromatic rings. The first-order valence-electron chi connectivity index (χ1n) is 6.11. The minimum Gasteiger partial charge on any atom is -0.316 e. The molecule has 0 aliphatic carbocycles. The Morgan fingerprint density at radius 3 is 3.00 bits per heavy atom. The highest BCUT2D eigenvalue weighted by Crippen LogP contribution is 2.24. The zero-order valence-electron chi connectivity index (χ0n) is 11.8. The molecule has 0 aliphatic heterocycles.